The van der Waals surface area contributed by atoms with Crippen LogP contribution in [0.1, 0.15) is 22.6 Å². The van der Waals surface area contributed by atoms with Crippen molar-refractivity contribution in [2.45, 2.75) is 5.92 Å². The molecule has 43 heavy (non-hydrogen) atoms. The van der Waals surface area contributed by atoms with E-state index in [2.05, 4.69) is 119 Å². The van der Waals surface area contributed by atoms with E-state index in [1.54, 1.807) is 0 Å². The highest BCUT2D eigenvalue weighted by Crippen LogP contribution is 2.50. The molecule has 0 fully saturated rings. The van der Waals surface area contributed by atoms with Crippen molar-refractivity contribution in [3.8, 4) is 56.2 Å². The van der Waals surface area contributed by atoms with Crippen molar-refractivity contribution in [1.82, 2.24) is 15.0 Å². The normalized spacial score (nSPS) is 12.1. The number of aromatic nitrogens is 3. The van der Waals surface area contributed by atoms with Gasteiger partial charge in [-0.1, -0.05) is 97.1 Å². The van der Waals surface area contributed by atoms with E-state index < -0.39 is 0 Å². The number of pyridine rings is 3. The molecule has 0 unspecified atom stereocenters. The van der Waals surface area contributed by atoms with Crippen molar-refractivity contribution < 1.29 is 0 Å². The average molecular weight is 550 g/mol. The summed E-state index contributed by atoms with van der Waals surface area (Å²) >= 11 is 0. The van der Waals surface area contributed by atoms with Crippen LogP contribution < -0.4 is 0 Å². The number of fused-ring (bicyclic) bond motifs is 3. The van der Waals surface area contributed by atoms with Gasteiger partial charge in [0, 0.05) is 18.3 Å². The Morgan fingerprint density at radius 3 is 1.28 bits per heavy atom. The van der Waals surface area contributed by atoms with Crippen molar-refractivity contribution in [3.05, 3.63) is 175 Å². The molecule has 0 bridgehead atoms. The van der Waals surface area contributed by atoms with Gasteiger partial charge in [0.15, 0.2) is 0 Å². The molecule has 3 heterocycles. The Morgan fingerprint density at radius 1 is 0.372 bits per heavy atom. The number of hydrogen-bond donors (Lipinski definition) is 0. The van der Waals surface area contributed by atoms with Gasteiger partial charge in [-0.05, 0) is 98.6 Å². The minimum Gasteiger partial charge on any atom is -0.255 e. The highest BCUT2D eigenvalue weighted by atomic mass is 14.8. The molecule has 0 saturated heterocycles. The number of nitrogens with zero attached hydrogens (tertiary/aromatic N) is 3. The molecule has 0 aliphatic heterocycles. The molecule has 202 valence electrons. The van der Waals surface area contributed by atoms with Gasteiger partial charge in [0.25, 0.3) is 0 Å². The SMILES string of the molecule is c1ccc(-c2ccc3c(c2)-c2cc(-c4ccccc4)ccc2C3c2cc(-c3ccccn3)nc(-c3ccccn3)c2)cc1. The van der Waals surface area contributed by atoms with Crippen LogP contribution in [0.3, 0.4) is 0 Å². The van der Waals surface area contributed by atoms with Gasteiger partial charge >= 0.3 is 0 Å². The van der Waals surface area contributed by atoms with Crippen LogP contribution in [0.2, 0.25) is 0 Å². The molecule has 3 nitrogen and oxygen atoms in total. The summed E-state index contributed by atoms with van der Waals surface area (Å²) in [6.07, 6.45) is 3.64. The molecule has 0 saturated carbocycles. The van der Waals surface area contributed by atoms with Crippen LogP contribution in [-0.2, 0) is 0 Å². The lowest BCUT2D eigenvalue weighted by atomic mass is 9.87. The Labute approximate surface area is 251 Å². The molecule has 0 radical (unpaired) electrons. The van der Waals surface area contributed by atoms with E-state index in [0.717, 1.165) is 22.8 Å². The predicted molar refractivity (Wildman–Crippen MR) is 174 cm³/mol. The minimum absolute atomic E-state index is 0.0487. The smallest absolute Gasteiger partial charge is 0.0897 e. The van der Waals surface area contributed by atoms with Crippen molar-refractivity contribution in [1.29, 1.82) is 0 Å². The summed E-state index contributed by atoms with van der Waals surface area (Å²) in [5, 5.41) is 0. The zero-order valence-corrected chi connectivity index (χ0v) is 23.4. The highest BCUT2D eigenvalue weighted by molar-refractivity contribution is 5.87. The van der Waals surface area contributed by atoms with E-state index in [1.807, 2.05) is 48.8 Å². The Kier molecular flexibility index (Phi) is 6.20. The van der Waals surface area contributed by atoms with Gasteiger partial charge in [-0.15, -0.1) is 0 Å². The average Bonchev–Trinajstić information content (AvgIpc) is 3.42. The van der Waals surface area contributed by atoms with Crippen LogP contribution in [0.15, 0.2) is 158 Å². The third-order valence-electron chi connectivity index (χ3n) is 8.27. The lowest BCUT2D eigenvalue weighted by Crippen LogP contribution is -2.03. The van der Waals surface area contributed by atoms with E-state index >= 15 is 0 Å². The number of rotatable bonds is 5. The molecule has 3 aromatic heterocycles. The number of hydrogen-bond acceptors (Lipinski definition) is 3. The lowest BCUT2D eigenvalue weighted by Gasteiger charge is -2.17. The standard InChI is InChI=1S/C40H27N3/c1-3-11-27(12-4-1)29-17-19-32-34(23-29)35-24-30(28-13-5-2-6-14-28)18-20-33(35)40(32)31-25-38(36-15-7-9-21-41-36)43-39(26-31)37-16-8-10-22-42-37/h1-26,40H. The molecule has 0 spiro atoms. The molecule has 1 aliphatic carbocycles. The maximum absolute atomic E-state index is 5.04. The molecule has 0 N–H and O–H groups in total. The fourth-order valence-corrected chi connectivity index (χ4v) is 6.24. The monoisotopic (exact) mass is 549 g/mol. The third kappa shape index (κ3) is 4.61. The first-order valence-electron chi connectivity index (χ1n) is 14.6. The van der Waals surface area contributed by atoms with Crippen LogP contribution in [-0.4, -0.2) is 15.0 Å². The number of benzene rings is 4. The maximum atomic E-state index is 5.04. The molecule has 1 aliphatic rings. The van der Waals surface area contributed by atoms with E-state index in [-0.39, 0.29) is 5.92 Å². The second-order valence-electron chi connectivity index (χ2n) is 10.9. The molecule has 0 amide bonds. The van der Waals surface area contributed by atoms with Gasteiger partial charge in [-0.3, -0.25) is 9.97 Å². The summed E-state index contributed by atoms with van der Waals surface area (Å²) in [7, 11) is 0. The zero-order valence-electron chi connectivity index (χ0n) is 23.4. The van der Waals surface area contributed by atoms with Crippen molar-refractivity contribution in [2.75, 3.05) is 0 Å². The van der Waals surface area contributed by atoms with Crippen LogP contribution in [0.25, 0.3) is 56.2 Å². The fourth-order valence-electron chi connectivity index (χ4n) is 6.24. The fraction of sp³-hybridized carbons (Fsp3) is 0.0250. The quantitative estimate of drug-likeness (QED) is 0.214. The second kappa shape index (κ2) is 10.6. The minimum atomic E-state index is 0.0487. The van der Waals surface area contributed by atoms with E-state index in [9.17, 15) is 0 Å². The van der Waals surface area contributed by atoms with E-state index in [1.165, 1.54) is 50.1 Å². The lowest BCUT2D eigenvalue weighted by molar-refractivity contribution is 1.01. The van der Waals surface area contributed by atoms with Gasteiger partial charge in [-0.25, -0.2) is 4.98 Å². The van der Waals surface area contributed by atoms with Crippen molar-refractivity contribution in [3.63, 3.8) is 0 Å². The topological polar surface area (TPSA) is 38.7 Å². The molecular weight excluding hydrogens is 522 g/mol. The highest BCUT2D eigenvalue weighted by Gasteiger charge is 2.31. The summed E-state index contributed by atoms with van der Waals surface area (Å²) in [5.74, 6) is 0.0487. The first-order valence-corrected chi connectivity index (χ1v) is 14.6. The maximum Gasteiger partial charge on any atom is 0.0897 e. The summed E-state index contributed by atoms with van der Waals surface area (Å²) < 4.78 is 0. The second-order valence-corrected chi connectivity index (χ2v) is 10.9. The van der Waals surface area contributed by atoms with Crippen LogP contribution in [0.4, 0.5) is 0 Å². The van der Waals surface area contributed by atoms with Gasteiger partial charge in [0.05, 0.1) is 22.8 Å². The largest absolute Gasteiger partial charge is 0.255 e. The summed E-state index contributed by atoms with van der Waals surface area (Å²) in [6.45, 7) is 0. The first kappa shape index (κ1) is 25.1. The Balaban J connectivity index is 1.35. The third-order valence-corrected chi connectivity index (χ3v) is 8.27. The molecule has 0 atom stereocenters. The van der Waals surface area contributed by atoms with Gasteiger partial charge in [0.1, 0.15) is 0 Å². The van der Waals surface area contributed by atoms with E-state index in [0.29, 0.717) is 0 Å². The first-order chi connectivity index (χ1) is 21.3. The van der Waals surface area contributed by atoms with Gasteiger partial charge < -0.3 is 0 Å². The van der Waals surface area contributed by atoms with Crippen LogP contribution in [0, 0.1) is 0 Å². The molecular formula is C40H27N3. The van der Waals surface area contributed by atoms with Crippen molar-refractivity contribution in [2.24, 2.45) is 0 Å². The van der Waals surface area contributed by atoms with E-state index in [4.69, 9.17) is 4.98 Å². The molecule has 7 aromatic rings. The summed E-state index contributed by atoms with van der Waals surface area (Å²) in [4.78, 5) is 14.3. The Hall–Kier alpha value is -5.67. The predicted octanol–water partition coefficient (Wildman–Crippen LogP) is 9.70. The molecule has 3 heteroatoms. The molecule has 4 aromatic carbocycles. The zero-order chi connectivity index (χ0) is 28.6. The Morgan fingerprint density at radius 2 is 0.837 bits per heavy atom. The van der Waals surface area contributed by atoms with Crippen molar-refractivity contribution >= 4 is 0 Å². The molecule has 8 rings (SSSR count). The Bertz CT molecular complexity index is 1910. The van der Waals surface area contributed by atoms with Crippen LogP contribution >= 0.6 is 0 Å². The summed E-state index contributed by atoms with van der Waals surface area (Å²) in [5.41, 5.74) is 14.6. The summed E-state index contributed by atoms with van der Waals surface area (Å²) in [6, 6.07) is 51.4. The van der Waals surface area contributed by atoms with Crippen LogP contribution in [0.5, 0.6) is 0 Å². The van der Waals surface area contributed by atoms with Gasteiger partial charge in [-0.2, -0.15) is 0 Å². The van der Waals surface area contributed by atoms with Gasteiger partial charge in [0.2, 0.25) is 0 Å².